The number of aryl methyl sites for hydroxylation is 1. The standard InChI is InChI=1S/C20H23N3O3/c1-13-8-9-18(26-2)16(11-13)22-19(24)17-7-4-10-23(17)20(25)14-5-3-6-15(21)12-14/h3,5-6,8-9,11-12,17H,4,7,10,21H2,1-2H3,(H,22,24). The Morgan fingerprint density at radius 2 is 2.04 bits per heavy atom. The maximum absolute atomic E-state index is 12.8. The van der Waals surface area contributed by atoms with Crippen LogP contribution in [0.1, 0.15) is 28.8 Å². The molecule has 1 atom stereocenters. The molecular formula is C20H23N3O3. The maximum Gasteiger partial charge on any atom is 0.254 e. The zero-order valence-electron chi connectivity index (χ0n) is 15.0. The highest BCUT2D eigenvalue weighted by Crippen LogP contribution is 2.27. The maximum atomic E-state index is 12.8. The first-order chi connectivity index (χ1) is 12.5. The number of likely N-dealkylation sites (tertiary alicyclic amines) is 1. The van der Waals surface area contributed by atoms with Crippen LogP contribution in [0.5, 0.6) is 5.75 Å². The molecule has 26 heavy (non-hydrogen) atoms. The lowest BCUT2D eigenvalue weighted by Crippen LogP contribution is -2.43. The fourth-order valence-corrected chi connectivity index (χ4v) is 3.26. The van der Waals surface area contributed by atoms with E-state index in [1.54, 1.807) is 36.3 Å². The summed E-state index contributed by atoms with van der Waals surface area (Å²) in [7, 11) is 1.56. The second-order valence-corrected chi connectivity index (χ2v) is 6.48. The number of benzene rings is 2. The number of rotatable bonds is 4. The van der Waals surface area contributed by atoms with E-state index in [2.05, 4.69) is 5.32 Å². The number of ether oxygens (including phenoxy) is 1. The van der Waals surface area contributed by atoms with Crippen molar-refractivity contribution in [3.05, 3.63) is 53.6 Å². The van der Waals surface area contributed by atoms with Gasteiger partial charge in [-0.2, -0.15) is 0 Å². The van der Waals surface area contributed by atoms with E-state index in [1.807, 2.05) is 25.1 Å². The van der Waals surface area contributed by atoms with Crippen LogP contribution in [0.3, 0.4) is 0 Å². The summed E-state index contributed by atoms with van der Waals surface area (Å²) in [5.41, 5.74) is 8.43. The zero-order chi connectivity index (χ0) is 18.7. The predicted octanol–water partition coefficient (Wildman–Crippen LogP) is 2.83. The van der Waals surface area contributed by atoms with Crippen molar-refractivity contribution in [2.24, 2.45) is 0 Å². The van der Waals surface area contributed by atoms with Crippen LogP contribution in [0.15, 0.2) is 42.5 Å². The van der Waals surface area contributed by atoms with Gasteiger partial charge in [-0.1, -0.05) is 12.1 Å². The van der Waals surface area contributed by atoms with E-state index in [4.69, 9.17) is 10.5 Å². The number of hydrogen-bond acceptors (Lipinski definition) is 4. The lowest BCUT2D eigenvalue weighted by Gasteiger charge is -2.24. The van der Waals surface area contributed by atoms with Crippen molar-refractivity contribution < 1.29 is 14.3 Å². The van der Waals surface area contributed by atoms with E-state index in [0.29, 0.717) is 35.7 Å². The van der Waals surface area contributed by atoms with Crippen LogP contribution in [0.2, 0.25) is 0 Å². The van der Waals surface area contributed by atoms with Gasteiger partial charge >= 0.3 is 0 Å². The van der Waals surface area contributed by atoms with E-state index >= 15 is 0 Å². The lowest BCUT2D eigenvalue weighted by molar-refractivity contribution is -0.119. The molecular weight excluding hydrogens is 330 g/mol. The van der Waals surface area contributed by atoms with Crippen LogP contribution in [-0.2, 0) is 4.79 Å². The smallest absolute Gasteiger partial charge is 0.254 e. The molecule has 1 unspecified atom stereocenters. The van der Waals surface area contributed by atoms with E-state index in [0.717, 1.165) is 12.0 Å². The molecule has 1 saturated heterocycles. The molecule has 1 aliphatic rings. The van der Waals surface area contributed by atoms with Crippen LogP contribution in [0, 0.1) is 6.92 Å². The topological polar surface area (TPSA) is 84.7 Å². The quantitative estimate of drug-likeness (QED) is 0.828. The Morgan fingerprint density at radius 3 is 2.77 bits per heavy atom. The SMILES string of the molecule is COc1ccc(C)cc1NC(=O)C1CCCN1C(=O)c1cccc(N)c1. The van der Waals surface area contributed by atoms with E-state index < -0.39 is 6.04 Å². The first-order valence-electron chi connectivity index (χ1n) is 8.61. The molecule has 0 saturated carbocycles. The van der Waals surface area contributed by atoms with Crippen molar-refractivity contribution in [3.63, 3.8) is 0 Å². The number of nitrogen functional groups attached to an aromatic ring is 1. The Morgan fingerprint density at radius 1 is 1.23 bits per heavy atom. The Kier molecular flexibility index (Phi) is 5.11. The Labute approximate surface area is 152 Å². The minimum Gasteiger partial charge on any atom is -0.495 e. The monoisotopic (exact) mass is 353 g/mol. The van der Waals surface area contributed by atoms with Gasteiger partial charge in [0.2, 0.25) is 5.91 Å². The molecule has 1 fully saturated rings. The van der Waals surface area contributed by atoms with Gasteiger partial charge in [-0.3, -0.25) is 9.59 Å². The van der Waals surface area contributed by atoms with Crippen LogP contribution in [-0.4, -0.2) is 36.4 Å². The number of anilines is 2. The summed E-state index contributed by atoms with van der Waals surface area (Å²) >= 11 is 0. The number of carbonyl (C=O) groups excluding carboxylic acids is 2. The van der Waals surface area contributed by atoms with Crippen molar-refractivity contribution in [2.75, 3.05) is 24.7 Å². The summed E-state index contributed by atoms with van der Waals surface area (Å²) in [6.45, 7) is 2.50. The average molecular weight is 353 g/mol. The molecule has 0 spiro atoms. The first-order valence-corrected chi connectivity index (χ1v) is 8.61. The largest absolute Gasteiger partial charge is 0.495 e. The van der Waals surface area contributed by atoms with Gasteiger partial charge in [-0.05, 0) is 55.7 Å². The minimum atomic E-state index is -0.505. The van der Waals surface area contributed by atoms with Crippen LogP contribution < -0.4 is 15.8 Å². The van der Waals surface area contributed by atoms with Crippen LogP contribution in [0.4, 0.5) is 11.4 Å². The Bertz CT molecular complexity index is 835. The molecule has 6 nitrogen and oxygen atoms in total. The van der Waals surface area contributed by atoms with Crippen molar-refractivity contribution in [1.29, 1.82) is 0 Å². The lowest BCUT2D eigenvalue weighted by atomic mass is 10.1. The number of nitrogens with one attached hydrogen (secondary N) is 1. The van der Waals surface area contributed by atoms with E-state index in [1.165, 1.54) is 0 Å². The molecule has 1 aliphatic heterocycles. The molecule has 2 aromatic rings. The summed E-state index contributed by atoms with van der Waals surface area (Å²) in [6, 6.07) is 11.9. The molecule has 3 N–H and O–H groups in total. The van der Waals surface area contributed by atoms with Crippen LogP contribution in [0.25, 0.3) is 0 Å². The van der Waals surface area contributed by atoms with Crippen molar-refractivity contribution >= 4 is 23.2 Å². The third-order valence-corrected chi connectivity index (χ3v) is 4.56. The van der Waals surface area contributed by atoms with Gasteiger partial charge in [-0.15, -0.1) is 0 Å². The Hall–Kier alpha value is -3.02. The second kappa shape index (κ2) is 7.47. The van der Waals surface area contributed by atoms with E-state index in [9.17, 15) is 9.59 Å². The van der Waals surface area contributed by atoms with Crippen molar-refractivity contribution in [3.8, 4) is 5.75 Å². The highest BCUT2D eigenvalue weighted by atomic mass is 16.5. The number of nitrogens with two attached hydrogens (primary N) is 1. The van der Waals surface area contributed by atoms with Gasteiger partial charge in [-0.25, -0.2) is 0 Å². The molecule has 0 radical (unpaired) electrons. The van der Waals surface area contributed by atoms with Gasteiger partial charge in [0.1, 0.15) is 11.8 Å². The van der Waals surface area contributed by atoms with Crippen molar-refractivity contribution in [1.82, 2.24) is 4.90 Å². The Balaban J connectivity index is 1.78. The summed E-state index contributed by atoms with van der Waals surface area (Å²) < 4.78 is 5.31. The molecule has 0 aliphatic carbocycles. The summed E-state index contributed by atoms with van der Waals surface area (Å²) in [4.78, 5) is 27.2. The second-order valence-electron chi connectivity index (χ2n) is 6.48. The van der Waals surface area contributed by atoms with Gasteiger partial charge in [0.15, 0.2) is 0 Å². The van der Waals surface area contributed by atoms with Gasteiger partial charge < -0.3 is 20.7 Å². The van der Waals surface area contributed by atoms with Gasteiger partial charge in [0.05, 0.1) is 12.8 Å². The number of carbonyl (C=O) groups is 2. The summed E-state index contributed by atoms with van der Waals surface area (Å²) in [5, 5.41) is 2.91. The molecule has 0 bridgehead atoms. The minimum absolute atomic E-state index is 0.175. The molecule has 2 aromatic carbocycles. The average Bonchev–Trinajstić information content (AvgIpc) is 3.11. The zero-order valence-corrected chi connectivity index (χ0v) is 15.0. The summed E-state index contributed by atoms with van der Waals surface area (Å²) in [6.07, 6.45) is 1.42. The summed E-state index contributed by atoms with van der Waals surface area (Å²) in [5.74, 6) is 0.213. The molecule has 1 heterocycles. The fraction of sp³-hybridized carbons (Fsp3) is 0.300. The number of methoxy groups -OCH3 is 1. The highest BCUT2D eigenvalue weighted by molar-refractivity contribution is 6.02. The fourth-order valence-electron chi connectivity index (χ4n) is 3.26. The molecule has 6 heteroatoms. The third kappa shape index (κ3) is 3.64. The van der Waals surface area contributed by atoms with Gasteiger partial charge in [0, 0.05) is 17.8 Å². The third-order valence-electron chi connectivity index (χ3n) is 4.56. The normalized spacial score (nSPS) is 16.4. The number of amides is 2. The highest BCUT2D eigenvalue weighted by Gasteiger charge is 2.34. The molecule has 2 amide bonds. The van der Waals surface area contributed by atoms with Gasteiger partial charge in [0.25, 0.3) is 5.91 Å². The number of hydrogen-bond donors (Lipinski definition) is 2. The first kappa shape index (κ1) is 17.8. The molecule has 3 rings (SSSR count). The predicted molar refractivity (Wildman–Crippen MR) is 101 cm³/mol. The molecule has 0 aromatic heterocycles. The molecule has 136 valence electrons. The van der Waals surface area contributed by atoms with Crippen LogP contribution >= 0.6 is 0 Å². The number of nitrogens with zero attached hydrogens (tertiary/aromatic N) is 1. The van der Waals surface area contributed by atoms with E-state index in [-0.39, 0.29) is 11.8 Å². The van der Waals surface area contributed by atoms with Crippen molar-refractivity contribution in [2.45, 2.75) is 25.8 Å².